The van der Waals surface area contributed by atoms with E-state index >= 15 is 0 Å². The minimum Gasteiger partial charge on any atom is -0.330 e. The van der Waals surface area contributed by atoms with Crippen LogP contribution in [0.15, 0.2) is 12.4 Å². The van der Waals surface area contributed by atoms with E-state index in [0.29, 0.717) is 12.5 Å². The first-order chi connectivity index (χ1) is 7.72. The van der Waals surface area contributed by atoms with Crippen LogP contribution in [-0.2, 0) is 7.05 Å². The number of aromatic nitrogens is 2. The lowest BCUT2D eigenvalue weighted by Gasteiger charge is -2.29. The average molecular weight is 221 g/mol. The van der Waals surface area contributed by atoms with Crippen LogP contribution in [0, 0.1) is 11.8 Å². The Labute approximate surface area is 95.8 Å². The van der Waals surface area contributed by atoms with Crippen LogP contribution in [0.4, 0.5) is 0 Å². The molecule has 1 aromatic rings. The highest BCUT2D eigenvalue weighted by atomic mass is 16.1. The van der Waals surface area contributed by atoms with Crippen LogP contribution in [0.3, 0.4) is 0 Å². The van der Waals surface area contributed by atoms with E-state index in [0.717, 1.165) is 24.8 Å². The molecule has 1 aliphatic carbocycles. The predicted molar refractivity (Wildman–Crippen MR) is 62.0 cm³/mol. The van der Waals surface area contributed by atoms with E-state index < -0.39 is 0 Å². The van der Waals surface area contributed by atoms with Crippen molar-refractivity contribution in [3.63, 3.8) is 0 Å². The largest absolute Gasteiger partial charge is 0.330 e. The van der Waals surface area contributed by atoms with Gasteiger partial charge in [-0.1, -0.05) is 12.8 Å². The molecule has 1 saturated carbocycles. The van der Waals surface area contributed by atoms with Crippen LogP contribution in [-0.4, -0.2) is 22.1 Å². The van der Waals surface area contributed by atoms with Crippen LogP contribution in [0.25, 0.3) is 0 Å². The van der Waals surface area contributed by atoms with E-state index in [1.54, 1.807) is 17.1 Å². The number of hydrogen-bond acceptors (Lipinski definition) is 3. The molecule has 0 spiro atoms. The van der Waals surface area contributed by atoms with Gasteiger partial charge in [0.05, 0.1) is 11.8 Å². The second kappa shape index (κ2) is 4.78. The Kier molecular flexibility index (Phi) is 3.39. The summed E-state index contributed by atoms with van der Waals surface area (Å²) in [5.74, 6) is 0.702. The Bertz CT molecular complexity index is 372. The van der Waals surface area contributed by atoms with Crippen molar-refractivity contribution in [3.8, 4) is 0 Å². The highest BCUT2D eigenvalue weighted by Gasteiger charge is 2.30. The van der Waals surface area contributed by atoms with Gasteiger partial charge in [-0.25, -0.2) is 0 Å². The summed E-state index contributed by atoms with van der Waals surface area (Å²) in [6.45, 7) is 0.622. The second-order valence-corrected chi connectivity index (χ2v) is 4.65. The zero-order chi connectivity index (χ0) is 11.5. The van der Waals surface area contributed by atoms with Gasteiger partial charge in [-0.15, -0.1) is 0 Å². The molecule has 2 unspecified atom stereocenters. The van der Waals surface area contributed by atoms with Crippen LogP contribution in [0.5, 0.6) is 0 Å². The van der Waals surface area contributed by atoms with Crippen molar-refractivity contribution < 1.29 is 4.79 Å². The third kappa shape index (κ3) is 2.16. The quantitative estimate of drug-likeness (QED) is 0.784. The zero-order valence-corrected chi connectivity index (χ0v) is 9.72. The molecule has 1 fully saturated rings. The molecular weight excluding hydrogens is 202 g/mol. The highest BCUT2D eigenvalue weighted by molar-refractivity contribution is 5.97. The molecule has 2 atom stereocenters. The van der Waals surface area contributed by atoms with E-state index in [1.165, 1.54) is 6.42 Å². The summed E-state index contributed by atoms with van der Waals surface area (Å²) in [4.78, 5) is 12.3. The molecule has 0 saturated heterocycles. The molecule has 1 aromatic heterocycles. The van der Waals surface area contributed by atoms with Crippen molar-refractivity contribution >= 4 is 5.78 Å². The summed E-state index contributed by atoms with van der Waals surface area (Å²) in [6.07, 6.45) is 7.88. The van der Waals surface area contributed by atoms with E-state index in [2.05, 4.69) is 5.10 Å². The first kappa shape index (κ1) is 11.3. The third-order valence-corrected chi connectivity index (χ3v) is 3.54. The first-order valence-electron chi connectivity index (χ1n) is 5.95. The molecule has 0 amide bonds. The Morgan fingerprint density at radius 1 is 1.56 bits per heavy atom. The molecule has 4 nitrogen and oxygen atoms in total. The molecule has 0 bridgehead atoms. The standard InChI is InChI=1S/C12H19N3O/c1-15-8-10(7-14-15)12(16)11-5-3-2-4-9(11)6-13/h7-9,11H,2-6,13H2,1H3. The molecule has 1 heterocycles. The Balaban J connectivity index is 2.13. The van der Waals surface area contributed by atoms with Crippen molar-refractivity contribution in [2.45, 2.75) is 25.7 Å². The Morgan fingerprint density at radius 2 is 2.31 bits per heavy atom. The maximum Gasteiger partial charge on any atom is 0.169 e. The van der Waals surface area contributed by atoms with Gasteiger partial charge >= 0.3 is 0 Å². The average Bonchev–Trinajstić information content (AvgIpc) is 2.75. The summed E-state index contributed by atoms with van der Waals surface area (Å²) < 4.78 is 1.67. The van der Waals surface area contributed by atoms with Crippen LogP contribution < -0.4 is 5.73 Å². The van der Waals surface area contributed by atoms with Gasteiger partial charge in [0, 0.05) is 19.2 Å². The van der Waals surface area contributed by atoms with Crippen LogP contribution in [0.1, 0.15) is 36.0 Å². The summed E-state index contributed by atoms with van der Waals surface area (Å²) in [7, 11) is 1.83. The van der Waals surface area contributed by atoms with Crippen molar-refractivity contribution in [1.29, 1.82) is 0 Å². The van der Waals surface area contributed by atoms with Crippen molar-refractivity contribution in [3.05, 3.63) is 18.0 Å². The zero-order valence-electron chi connectivity index (χ0n) is 9.72. The summed E-state index contributed by atoms with van der Waals surface area (Å²) >= 11 is 0. The number of nitrogens with two attached hydrogens (primary N) is 1. The lowest BCUT2D eigenvalue weighted by molar-refractivity contribution is 0.0829. The fourth-order valence-electron chi connectivity index (χ4n) is 2.60. The van der Waals surface area contributed by atoms with Gasteiger partial charge in [0.15, 0.2) is 5.78 Å². The SMILES string of the molecule is Cn1cc(C(=O)C2CCCCC2CN)cn1. The fourth-order valence-corrected chi connectivity index (χ4v) is 2.60. The normalized spacial score (nSPS) is 25.6. The molecule has 2 rings (SSSR count). The van der Waals surface area contributed by atoms with E-state index in [1.807, 2.05) is 7.05 Å². The number of rotatable bonds is 3. The molecule has 1 aliphatic rings. The monoisotopic (exact) mass is 221 g/mol. The minimum absolute atomic E-state index is 0.114. The van der Waals surface area contributed by atoms with E-state index in [4.69, 9.17) is 5.73 Å². The number of carbonyl (C=O) groups is 1. The van der Waals surface area contributed by atoms with Gasteiger partial charge in [-0.05, 0) is 25.3 Å². The smallest absolute Gasteiger partial charge is 0.169 e. The molecule has 16 heavy (non-hydrogen) atoms. The van der Waals surface area contributed by atoms with Gasteiger partial charge in [-0.3, -0.25) is 9.48 Å². The van der Waals surface area contributed by atoms with Gasteiger partial charge < -0.3 is 5.73 Å². The summed E-state index contributed by atoms with van der Waals surface area (Å²) in [6, 6.07) is 0. The van der Waals surface area contributed by atoms with Crippen molar-refractivity contribution in [2.24, 2.45) is 24.6 Å². The molecule has 4 heteroatoms. The summed E-state index contributed by atoms with van der Waals surface area (Å²) in [5, 5.41) is 4.05. The molecule has 0 aliphatic heterocycles. The van der Waals surface area contributed by atoms with Gasteiger partial charge in [0.2, 0.25) is 0 Å². The van der Waals surface area contributed by atoms with Crippen LogP contribution >= 0.6 is 0 Å². The third-order valence-electron chi connectivity index (χ3n) is 3.54. The molecule has 88 valence electrons. The number of ketones is 1. The molecule has 0 radical (unpaired) electrons. The van der Waals surface area contributed by atoms with Crippen LogP contribution in [0.2, 0.25) is 0 Å². The minimum atomic E-state index is 0.114. The summed E-state index contributed by atoms with van der Waals surface area (Å²) in [5.41, 5.74) is 6.47. The Morgan fingerprint density at radius 3 is 2.94 bits per heavy atom. The van der Waals surface area contributed by atoms with Crippen molar-refractivity contribution in [1.82, 2.24) is 9.78 Å². The topological polar surface area (TPSA) is 60.9 Å². The Hall–Kier alpha value is -1.16. The van der Waals surface area contributed by atoms with Crippen molar-refractivity contribution in [2.75, 3.05) is 6.54 Å². The number of hydrogen-bond donors (Lipinski definition) is 1. The number of Topliss-reactive ketones (excluding diaryl/α,β-unsaturated/α-hetero) is 1. The maximum absolute atomic E-state index is 12.3. The van der Waals surface area contributed by atoms with E-state index in [9.17, 15) is 4.79 Å². The molecule has 2 N–H and O–H groups in total. The van der Waals surface area contributed by atoms with Gasteiger partial charge in [0.1, 0.15) is 0 Å². The van der Waals surface area contributed by atoms with Gasteiger partial charge in [-0.2, -0.15) is 5.10 Å². The molecule has 0 aromatic carbocycles. The lowest BCUT2D eigenvalue weighted by atomic mass is 9.76. The van der Waals surface area contributed by atoms with Gasteiger partial charge in [0.25, 0.3) is 0 Å². The number of carbonyl (C=O) groups excluding carboxylic acids is 1. The van der Waals surface area contributed by atoms with E-state index in [-0.39, 0.29) is 11.7 Å². The molecular formula is C12H19N3O. The maximum atomic E-state index is 12.3. The number of nitrogens with zero attached hydrogens (tertiary/aromatic N) is 2. The highest BCUT2D eigenvalue weighted by Crippen LogP contribution is 2.31. The fraction of sp³-hybridized carbons (Fsp3) is 0.667. The second-order valence-electron chi connectivity index (χ2n) is 4.65. The lowest BCUT2D eigenvalue weighted by Crippen LogP contribution is -2.32. The first-order valence-corrected chi connectivity index (χ1v) is 5.95. The predicted octanol–water partition coefficient (Wildman–Crippen LogP) is 1.37. The number of aryl methyl sites for hydroxylation is 1.